The van der Waals surface area contributed by atoms with Crippen molar-refractivity contribution in [2.24, 2.45) is 0 Å². The normalized spacial score (nSPS) is 19.4. The van der Waals surface area contributed by atoms with E-state index in [1.165, 1.54) is 16.0 Å². The third kappa shape index (κ3) is 4.39. The maximum absolute atomic E-state index is 12.5. The third-order valence-corrected chi connectivity index (χ3v) is 5.31. The molecule has 1 aromatic carbocycles. The van der Waals surface area contributed by atoms with Crippen molar-refractivity contribution in [1.29, 1.82) is 0 Å². The molecule has 1 saturated heterocycles. The molecule has 2 heterocycles. The van der Waals surface area contributed by atoms with Gasteiger partial charge in [-0.2, -0.15) is 4.31 Å². The Bertz CT molecular complexity index is 779. The molecule has 0 amide bonds. The molecule has 1 aliphatic heterocycles. The van der Waals surface area contributed by atoms with Crippen molar-refractivity contribution in [2.75, 3.05) is 13.1 Å². The SMILES string of the molecule is O=S(=O)(C=Cc1ccccc1)N1CCCC(Oc2ccncn2)C1. The Morgan fingerprint density at radius 1 is 1.21 bits per heavy atom. The fourth-order valence-electron chi connectivity index (χ4n) is 2.57. The fraction of sp³-hybridized carbons (Fsp3) is 0.294. The first-order valence-corrected chi connectivity index (χ1v) is 9.30. The Kier molecular flexibility index (Phi) is 5.22. The van der Waals surface area contributed by atoms with Gasteiger partial charge in [-0.15, -0.1) is 0 Å². The van der Waals surface area contributed by atoms with E-state index in [-0.39, 0.29) is 6.10 Å². The van der Waals surface area contributed by atoms with Crippen LogP contribution in [0.4, 0.5) is 0 Å². The molecule has 6 nitrogen and oxygen atoms in total. The zero-order chi connectivity index (χ0) is 16.8. The number of ether oxygens (including phenoxy) is 1. The number of rotatable bonds is 5. The van der Waals surface area contributed by atoms with Gasteiger partial charge in [-0.25, -0.2) is 18.4 Å². The minimum absolute atomic E-state index is 0.200. The second-order valence-electron chi connectivity index (χ2n) is 5.55. The second kappa shape index (κ2) is 7.55. The molecule has 1 unspecified atom stereocenters. The largest absolute Gasteiger partial charge is 0.473 e. The molecule has 7 heteroatoms. The summed E-state index contributed by atoms with van der Waals surface area (Å²) in [5.74, 6) is 0.467. The van der Waals surface area contributed by atoms with E-state index in [2.05, 4.69) is 9.97 Å². The van der Waals surface area contributed by atoms with Gasteiger partial charge in [0.05, 0.1) is 6.54 Å². The average molecular weight is 345 g/mol. The smallest absolute Gasteiger partial charge is 0.236 e. The van der Waals surface area contributed by atoms with Gasteiger partial charge in [0.2, 0.25) is 15.9 Å². The van der Waals surface area contributed by atoms with Gasteiger partial charge in [-0.3, -0.25) is 0 Å². The quantitative estimate of drug-likeness (QED) is 0.831. The number of sulfonamides is 1. The third-order valence-electron chi connectivity index (χ3n) is 3.78. The number of benzene rings is 1. The highest BCUT2D eigenvalue weighted by Crippen LogP contribution is 2.19. The average Bonchev–Trinajstić information content (AvgIpc) is 2.62. The summed E-state index contributed by atoms with van der Waals surface area (Å²) in [5.41, 5.74) is 0.854. The van der Waals surface area contributed by atoms with Gasteiger partial charge in [0.1, 0.15) is 12.4 Å². The molecule has 24 heavy (non-hydrogen) atoms. The van der Waals surface area contributed by atoms with Crippen LogP contribution in [-0.4, -0.2) is 41.9 Å². The highest BCUT2D eigenvalue weighted by atomic mass is 32.2. The van der Waals surface area contributed by atoms with Gasteiger partial charge in [-0.05, 0) is 24.5 Å². The van der Waals surface area contributed by atoms with Crippen LogP contribution in [0.15, 0.2) is 54.3 Å². The molecule has 2 aromatic rings. The van der Waals surface area contributed by atoms with E-state index in [1.807, 2.05) is 30.3 Å². The first kappa shape index (κ1) is 16.6. The minimum atomic E-state index is -3.47. The number of aromatic nitrogens is 2. The first-order chi connectivity index (χ1) is 11.6. The molecule has 1 atom stereocenters. The number of hydrogen-bond donors (Lipinski definition) is 0. The number of nitrogens with zero attached hydrogens (tertiary/aromatic N) is 3. The molecule has 0 spiro atoms. The van der Waals surface area contributed by atoms with E-state index in [0.29, 0.717) is 19.0 Å². The molecule has 0 N–H and O–H groups in total. The van der Waals surface area contributed by atoms with Gasteiger partial charge in [0, 0.05) is 24.2 Å². The van der Waals surface area contributed by atoms with Crippen molar-refractivity contribution >= 4 is 16.1 Å². The first-order valence-electron chi connectivity index (χ1n) is 7.79. The lowest BCUT2D eigenvalue weighted by Crippen LogP contribution is -2.43. The van der Waals surface area contributed by atoms with Crippen molar-refractivity contribution in [3.63, 3.8) is 0 Å². The summed E-state index contributed by atoms with van der Waals surface area (Å²) in [7, 11) is -3.47. The topological polar surface area (TPSA) is 72.4 Å². The highest BCUT2D eigenvalue weighted by Gasteiger charge is 2.28. The fourth-order valence-corrected chi connectivity index (χ4v) is 3.82. The zero-order valence-corrected chi connectivity index (χ0v) is 14.0. The number of hydrogen-bond acceptors (Lipinski definition) is 5. The summed E-state index contributed by atoms with van der Waals surface area (Å²) in [6.45, 7) is 0.830. The molecule has 0 radical (unpaired) electrons. The van der Waals surface area contributed by atoms with Gasteiger partial charge < -0.3 is 4.74 Å². The summed E-state index contributed by atoms with van der Waals surface area (Å²) < 4.78 is 32.3. The Morgan fingerprint density at radius 2 is 2.04 bits per heavy atom. The van der Waals surface area contributed by atoms with Crippen LogP contribution >= 0.6 is 0 Å². The Labute approximate surface area is 141 Å². The van der Waals surface area contributed by atoms with Gasteiger partial charge >= 0.3 is 0 Å². The van der Waals surface area contributed by atoms with Gasteiger partial charge in [0.25, 0.3) is 0 Å². The summed E-state index contributed by atoms with van der Waals surface area (Å²) in [6, 6.07) is 11.0. The molecule has 0 aliphatic carbocycles. The summed E-state index contributed by atoms with van der Waals surface area (Å²) >= 11 is 0. The molecule has 0 saturated carbocycles. The van der Waals surface area contributed by atoms with Crippen LogP contribution in [0, 0.1) is 0 Å². The van der Waals surface area contributed by atoms with E-state index in [0.717, 1.165) is 18.4 Å². The molecule has 1 aromatic heterocycles. The Hall–Kier alpha value is -2.25. The summed E-state index contributed by atoms with van der Waals surface area (Å²) in [5, 5.41) is 1.26. The van der Waals surface area contributed by atoms with Gasteiger partial charge in [-0.1, -0.05) is 30.3 Å². The van der Waals surface area contributed by atoms with Crippen molar-refractivity contribution in [3.8, 4) is 5.88 Å². The predicted molar refractivity (Wildman–Crippen MR) is 91.7 cm³/mol. The Balaban J connectivity index is 1.66. The minimum Gasteiger partial charge on any atom is -0.473 e. The number of piperidine rings is 1. The molecule has 3 rings (SSSR count). The monoisotopic (exact) mass is 345 g/mol. The van der Waals surface area contributed by atoms with E-state index in [4.69, 9.17) is 4.74 Å². The standard InChI is InChI=1S/C17H19N3O3S/c21-24(22,12-9-15-5-2-1-3-6-15)20-11-4-7-16(13-20)23-17-8-10-18-14-19-17/h1-3,5-6,8-10,12,14,16H,4,7,11,13H2. The summed E-state index contributed by atoms with van der Waals surface area (Å²) in [6.07, 6.45) is 5.99. The van der Waals surface area contributed by atoms with Crippen molar-refractivity contribution < 1.29 is 13.2 Å². The van der Waals surface area contributed by atoms with Crippen LogP contribution in [0.5, 0.6) is 5.88 Å². The van der Waals surface area contributed by atoms with Crippen molar-refractivity contribution in [1.82, 2.24) is 14.3 Å². The van der Waals surface area contributed by atoms with Crippen LogP contribution in [0.3, 0.4) is 0 Å². The Morgan fingerprint density at radius 3 is 2.79 bits per heavy atom. The zero-order valence-electron chi connectivity index (χ0n) is 13.2. The molecular formula is C17H19N3O3S. The maximum Gasteiger partial charge on any atom is 0.236 e. The van der Waals surface area contributed by atoms with E-state index < -0.39 is 10.0 Å². The van der Waals surface area contributed by atoms with Crippen LogP contribution in [-0.2, 0) is 10.0 Å². The second-order valence-corrected chi connectivity index (χ2v) is 7.36. The predicted octanol–water partition coefficient (Wildman–Crippen LogP) is 2.32. The van der Waals surface area contributed by atoms with Crippen LogP contribution in [0.1, 0.15) is 18.4 Å². The van der Waals surface area contributed by atoms with Crippen LogP contribution < -0.4 is 4.74 Å². The molecule has 1 aliphatic rings. The van der Waals surface area contributed by atoms with Crippen molar-refractivity contribution in [3.05, 3.63) is 59.9 Å². The lowest BCUT2D eigenvalue weighted by atomic mass is 10.1. The van der Waals surface area contributed by atoms with Gasteiger partial charge in [0.15, 0.2) is 0 Å². The molecule has 126 valence electrons. The van der Waals surface area contributed by atoms with Crippen LogP contribution in [0.25, 0.3) is 6.08 Å². The molecule has 0 bridgehead atoms. The lowest BCUT2D eigenvalue weighted by Gasteiger charge is -2.30. The van der Waals surface area contributed by atoms with E-state index in [1.54, 1.807) is 18.3 Å². The highest BCUT2D eigenvalue weighted by molar-refractivity contribution is 7.92. The van der Waals surface area contributed by atoms with Crippen molar-refractivity contribution in [2.45, 2.75) is 18.9 Å². The molecule has 1 fully saturated rings. The van der Waals surface area contributed by atoms with E-state index in [9.17, 15) is 8.42 Å². The van der Waals surface area contributed by atoms with Crippen LogP contribution in [0.2, 0.25) is 0 Å². The maximum atomic E-state index is 12.5. The summed E-state index contributed by atoms with van der Waals surface area (Å²) in [4.78, 5) is 7.86. The molecular weight excluding hydrogens is 326 g/mol. The van der Waals surface area contributed by atoms with E-state index >= 15 is 0 Å². The lowest BCUT2D eigenvalue weighted by molar-refractivity contribution is 0.125.